The minimum Gasteiger partial charge on any atom is -0.375 e. The van der Waals surface area contributed by atoms with Crippen molar-refractivity contribution in [3.8, 4) is 0 Å². The summed E-state index contributed by atoms with van der Waals surface area (Å²) in [6.45, 7) is 5.95. The summed E-state index contributed by atoms with van der Waals surface area (Å²) in [7, 11) is 3.51. The van der Waals surface area contributed by atoms with E-state index in [1.165, 1.54) is 0 Å². The molecular weight excluding hydrogens is 409 g/mol. The molecule has 2 N–H and O–H groups in total. The highest BCUT2D eigenvalue weighted by atomic mass is 127. The van der Waals surface area contributed by atoms with Crippen LogP contribution in [0.1, 0.15) is 25.5 Å². The minimum absolute atomic E-state index is 0. The van der Waals surface area contributed by atoms with Crippen molar-refractivity contribution in [3.63, 3.8) is 0 Å². The summed E-state index contributed by atoms with van der Waals surface area (Å²) in [5, 5.41) is 6.67. The molecule has 1 aromatic carbocycles. The predicted octanol–water partition coefficient (Wildman–Crippen LogP) is 3.30. The first-order chi connectivity index (χ1) is 10.0. The van der Waals surface area contributed by atoms with Crippen LogP contribution < -0.4 is 10.6 Å². The molecule has 0 fully saturated rings. The lowest BCUT2D eigenvalue weighted by Crippen LogP contribution is -2.44. The molecular formula is C16H28IN3OS. The second-order valence-electron chi connectivity index (χ2n) is 5.41. The fourth-order valence-corrected chi connectivity index (χ4v) is 2.00. The Morgan fingerprint density at radius 3 is 2.41 bits per heavy atom. The van der Waals surface area contributed by atoms with E-state index in [0.29, 0.717) is 6.54 Å². The first-order valence-electron chi connectivity index (χ1n) is 7.10. The van der Waals surface area contributed by atoms with Crippen LogP contribution in [0.3, 0.4) is 0 Å². The first-order valence-corrected chi connectivity index (χ1v) is 8.32. The zero-order valence-electron chi connectivity index (χ0n) is 14.1. The van der Waals surface area contributed by atoms with Crippen LogP contribution in [0.25, 0.3) is 0 Å². The van der Waals surface area contributed by atoms with E-state index >= 15 is 0 Å². The molecule has 1 aromatic rings. The van der Waals surface area contributed by atoms with Crippen LogP contribution in [0, 0.1) is 0 Å². The van der Waals surface area contributed by atoms with Crippen molar-refractivity contribution in [2.45, 2.75) is 24.7 Å². The van der Waals surface area contributed by atoms with Gasteiger partial charge in [-0.05, 0) is 25.7 Å². The third-order valence-electron chi connectivity index (χ3n) is 3.37. The highest BCUT2D eigenvalue weighted by Crippen LogP contribution is 2.19. The lowest BCUT2D eigenvalue weighted by Gasteiger charge is -2.24. The van der Waals surface area contributed by atoms with E-state index in [1.807, 2.05) is 30.0 Å². The maximum Gasteiger partial charge on any atom is 0.191 e. The molecule has 0 heterocycles. The highest BCUT2D eigenvalue weighted by Gasteiger charge is 2.17. The Hall–Kier alpha value is -0.470. The molecule has 4 nitrogen and oxygen atoms in total. The molecule has 0 aliphatic carbocycles. The van der Waals surface area contributed by atoms with Crippen LogP contribution >= 0.6 is 35.7 Å². The highest BCUT2D eigenvalue weighted by molar-refractivity contribution is 14.0. The molecule has 0 saturated heterocycles. The summed E-state index contributed by atoms with van der Waals surface area (Å²) in [5.41, 5.74) is 1.16. The van der Waals surface area contributed by atoms with Gasteiger partial charge in [0.25, 0.3) is 0 Å². The van der Waals surface area contributed by atoms with Crippen molar-refractivity contribution in [2.24, 2.45) is 4.99 Å². The van der Waals surface area contributed by atoms with Gasteiger partial charge < -0.3 is 15.4 Å². The number of methoxy groups -OCH3 is 1. The Kier molecular flexibility index (Phi) is 10.9. The van der Waals surface area contributed by atoms with Crippen LogP contribution in [-0.4, -0.2) is 44.2 Å². The summed E-state index contributed by atoms with van der Waals surface area (Å²) in [6, 6.07) is 10.2. The average molecular weight is 437 g/mol. The summed E-state index contributed by atoms with van der Waals surface area (Å²) in [5.74, 6) is 0.801. The van der Waals surface area contributed by atoms with Crippen molar-refractivity contribution in [3.05, 3.63) is 35.9 Å². The number of nitrogens with zero attached hydrogens (tertiary/aromatic N) is 1. The van der Waals surface area contributed by atoms with Crippen LogP contribution in [-0.2, 0) is 4.74 Å². The number of nitrogens with one attached hydrogen (secondary N) is 2. The maximum atomic E-state index is 5.55. The number of hydrogen-bond donors (Lipinski definition) is 2. The summed E-state index contributed by atoms with van der Waals surface area (Å²) in [4.78, 5) is 4.25. The van der Waals surface area contributed by atoms with Crippen molar-refractivity contribution in [1.29, 1.82) is 0 Å². The molecule has 0 aliphatic heterocycles. The molecule has 0 spiro atoms. The topological polar surface area (TPSA) is 45.7 Å². The Bertz CT molecular complexity index is 440. The smallest absolute Gasteiger partial charge is 0.191 e. The van der Waals surface area contributed by atoms with Crippen molar-refractivity contribution >= 4 is 41.7 Å². The van der Waals surface area contributed by atoms with Gasteiger partial charge in [-0.15, -0.1) is 24.0 Å². The molecule has 0 amide bonds. The van der Waals surface area contributed by atoms with Crippen LogP contribution in [0.2, 0.25) is 0 Å². The Morgan fingerprint density at radius 1 is 1.27 bits per heavy atom. The van der Waals surface area contributed by atoms with Gasteiger partial charge in [0.2, 0.25) is 0 Å². The quantitative estimate of drug-likeness (QED) is 0.391. The van der Waals surface area contributed by atoms with E-state index in [1.54, 1.807) is 14.2 Å². The Balaban J connectivity index is 0.00000441. The van der Waals surface area contributed by atoms with E-state index in [0.717, 1.165) is 18.1 Å². The van der Waals surface area contributed by atoms with E-state index in [9.17, 15) is 0 Å². The van der Waals surface area contributed by atoms with Gasteiger partial charge in [-0.25, -0.2) is 0 Å². The van der Waals surface area contributed by atoms with Gasteiger partial charge in [-0.1, -0.05) is 30.3 Å². The molecule has 6 heteroatoms. The molecule has 126 valence electrons. The van der Waals surface area contributed by atoms with E-state index in [-0.39, 0.29) is 34.8 Å². The van der Waals surface area contributed by atoms with Gasteiger partial charge in [0.1, 0.15) is 0 Å². The fourth-order valence-electron chi connectivity index (χ4n) is 1.78. The molecule has 0 saturated carbocycles. The third kappa shape index (κ3) is 7.69. The molecule has 0 aromatic heterocycles. The fraction of sp³-hybridized carbons (Fsp3) is 0.562. The molecule has 1 atom stereocenters. The monoisotopic (exact) mass is 437 g/mol. The second kappa shape index (κ2) is 11.1. The summed E-state index contributed by atoms with van der Waals surface area (Å²) >= 11 is 1.84. The lowest BCUT2D eigenvalue weighted by atomic mass is 10.1. The minimum atomic E-state index is 0. The number of thioether (sulfide) groups is 1. The molecule has 0 aliphatic rings. The van der Waals surface area contributed by atoms with Gasteiger partial charge >= 0.3 is 0 Å². The first kappa shape index (κ1) is 21.5. The van der Waals surface area contributed by atoms with Gasteiger partial charge in [-0.3, -0.25) is 4.99 Å². The van der Waals surface area contributed by atoms with Gasteiger partial charge in [0.15, 0.2) is 5.96 Å². The van der Waals surface area contributed by atoms with Crippen LogP contribution in [0.5, 0.6) is 0 Å². The zero-order chi connectivity index (χ0) is 15.7. The van der Waals surface area contributed by atoms with Crippen LogP contribution in [0.4, 0.5) is 0 Å². The zero-order valence-corrected chi connectivity index (χ0v) is 17.2. The lowest BCUT2D eigenvalue weighted by molar-refractivity contribution is 0.106. The molecule has 1 rings (SSSR count). The van der Waals surface area contributed by atoms with Gasteiger partial charge in [0.05, 0.1) is 6.10 Å². The number of ether oxygens (including phenoxy) is 1. The largest absolute Gasteiger partial charge is 0.375 e. The second-order valence-corrected chi connectivity index (χ2v) is 6.92. The number of aliphatic imine (C=N–C) groups is 1. The summed E-state index contributed by atoms with van der Waals surface area (Å²) < 4.78 is 5.73. The molecule has 0 bridgehead atoms. The Labute approximate surface area is 155 Å². The SMILES string of the molecule is CN=C(NCC(OC)c1ccccc1)NCC(C)(C)SC.I. The average Bonchev–Trinajstić information content (AvgIpc) is 2.52. The molecule has 1 unspecified atom stereocenters. The number of halogens is 1. The summed E-state index contributed by atoms with van der Waals surface area (Å²) in [6.07, 6.45) is 2.13. The van der Waals surface area contributed by atoms with E-state index < -0.39 is 0 Å². The number of benzene rings is 1. The van der Waals surface area contributed by atoms with Crippen molar-refractivity contribution in [2.75, 3.05) is 33.5 Å². The predicted molar refractivity (Wildman–Crippen MR) is 109 cm³/mol. The standard InChI is InChI=1S/C16H27N3OS.HI/c1-16(2,21-5)12-19-15(17-3)18-11-14(20-4)13-9-7-6-8-10-13;/h6-10,14H,11-12H2,1-5H3,(H2,17,18,19);1H. The number of guanidine groups is 1. The molecule has 0 radical (unpaired) electrons. The van der Waals surface area contributed by atoms with E-state index in [4.69, 9.17) is 4.74 Å². The van der Waals surface area contributed by atoms with Crippen molar-refractivity contribution in [1.82, 2.24) is 10.6 Å². The van der Waals surface area contributed by atoms with Crippen LogP contribution in [0.15, 0.2) is 35.3 Å². The maximum absolute atomic E-state index is 5.55. The van der Waals surface area contributed by atoms with Gasteiger partial charge in [0, 0.05) is 32.0 Å². The third-order valence-corrected chi connectivity index (χ3v) is 4.62. The van der Waals surface area contributed by atoms with Crippen molar-refractivity contribution < 1.29 is 4.74 Å². The normalized spacial score (nSPS) is 13.2. The Morgan fingerprint density at radius 2 is 1.91 bits per heavy atom. The van der Waals surface area contributed by atoms with Gasteiger partial charge in [-0.2, -0.15) is 11.8 Å². The molecule has 22 heavy (non-hydrogen) atoms. The number of rotatable bonds is 7. The number of hydrogen-bond acceptors (Lipinski definition) is 3. The van der Waals surface area contributed by atoms with E-state index in [2.05, 4.69) is 47.9 Å².